The molecule has 610 valence electrons. The summed E-state index contributed by atoms with van der Waals surface area (Å²) in [6.07, 6.45) is 87.3. The second kappa shape index (κ2) is 78.6. The molecule has 5 atom stereocenters. The lowest BCUT2D eigenvalue weighted by Crippen LogP contribution is -2.30. The molecular formula is C87H150O17P2. The number of rotatable bonds is 78. The van der Waals surface area contributed by atoms with Crippen molar-refractivity contribution in [2.45, 2.75) is 367 Å². The van der Waals surface area contributed by atoms with Gasteiger partial charge in [0.05, 0.1) is 26.4 Å². The van der Waals surface area contributed by atoms with Crippen LogP contribution in [0.4, 0.5) is 0 Å². The van der Waals surface area contributed by atoms with Crippen LogP contribution in [0.2, 0.25) is 0 Å². The Hall–Kier alpha value is -4.54. The first-order valence-corrected chi connectivity index (χ1v) is 44.8. The van der Waals surface area contributed by atoms with Crippen molar-refractivity contribution in [1.82, 2.24) is 0 Å². The molecule has 0 aliphatic carbocycles. The van der Waals surface area contributed by atoms with E-state index in [4.69, 9.17) is 37.0 Å². The van der Waals surface area contributed by atoms with E-state index in [1.54, 1.807) is 0 Å². The van der Waals surface area contributed by atoms with Gasteiger partial charge in [0.25, 0.3) is 0 Å². The Balaban J connectivity index is 5.37. The van der Waals surface area contributed by atoms with Crippen LogP contribution in [0.3, 0.4) is 0 Å². The Kier molecular flexibility index (Phi) is 75.2. The molecule has 106 heavy (non-hydrogen) atoms. The number of phosphoric acid groups is 2. The van der Waals surface area contributed by atoms with Gasteiger partial charge in [0.1, 0.15) is 19.3 Å². The predicted octanol–water partition coefficient (Wildman–Crippen LogP) is 24.7. The number of aliphatic hydroxyl groups is 1. The van der Waals surface area contributed by atoms with Gasteiger partial charge in [0.15, 0.2) is 12.2 Å². The zero-order chi connectivity index (χ0) is 77.4. The van der Waals surface area contributed by atoms with Crippen LogP contribution in [0.15, 0.2) is 122 Å². The monoisotopic (exact) mass is 1530 g/mol. The Morgan fingerprint density at radius 1 is 0.274 bits per heavy atom. The Morgan fingerprint density at radius 2 is 0.491 bits per heavy atom. The van der Waals surface area contributed by atoms with Gasteiger partial charge in [-0.15, -0.1) is 0 Å². The number of aliphatic hydroxyl groups excluding tert-OH is 1. The summed E-state index contributed by atoms with van der Waals surface area (Å²) in [4.78, 5) is 73.2. The number of carbonyl (C=O) groups is 4. The smallest absolute Gasteiger partial charge is 0.462 e. The number of hydrogen-bond donors (Lipinski definition) is 3. The molecule has 0 saturated heterocycles. The molecule has 19 heteroatoms. The molecule has 0 rings (SSSR count). The standard InChI is InChI=1S/C87H150O17P2/c1-5-9-13-17-21-25-29-33-37-39-40-42-46-48-52-56-60-64-68-72-85(90)98-78-83(104-87(92)74-70-66-62-58-54-50-44-36-32-28-24-20-16-12-8-4)80-102-106(95,96)100-76-81(88)75-99-105(93,94)101-79-82(103-86(91)73-69-65-61-57-53-49-43-35-31-27-23-19-15-11-7-3)77-97-84(89)71-67-63-59-55-51-47-45-41-38-34-30-26-22-18-14-10-6-2/h9-11,13-15,21-23,25-27,33-35,37-38,40,42-43,81-83,88H,5-8,12,16-20,24,28-32,36,39,41,44-80H2,1-4H3,(H,93,94)(H,95,96)/b13-9-,14-10-,15-11-,25-21-,26-22-,27-23-,37-33-,38-34-,42-40-,43-35-. The third-order valence-corrected chi connectivity index (χ3v) is 19.3. The van der Waals surface area contributed by atoms with E-state index < -0.39 is 97.5 Å². The summed E-state index contributed by atoms with van der Waals surface area (Å²) >= 11 is 0. The normalized spacial score (nSPS) is 14.4. The summed E-state index contributed by atoms with van der Waals surface area (Å²) in [5.41, 5.74) is 0. The molecular weight excluding hydrogens is 1380 g/mol. The quantitative estimate of drug-likeness (QED) is 0.0169. The van der Waals surface area contributed by atoms with E-state index in [2.05, 4.69) is 149 Å². The predicted molar refractivity (Wildman–Crippen MR) is 436 cm³/mol. The van der Waals surface area contributed by atoms with Crippen LogP contribution < -0.4 is 0 Å². The maximum Gasteiger partial charge on any atom is 0.472 e. The second-order valence-electron chi connectivity index (χ2n) is 27.6. The van der Waals surface area contributed by atoms with Crippen molar-refractivity contribution >= 4 is 39.5 Å². The van der Waals surface area contributed by atoms with Crippen molar-refractivity contribution in [3.63, 3.8) is 0 Å². The fraction of sp³-hybridized carbons (Fsp3) is 0.724. The average molecular weight is 1530 g/mol. The number of esters is 4. The maximum atomic E-state index is 13.1. The van der Waals surface area contributed by atoms with E-state index in [-0.39, 0.29) is 25.7 Å². The number of ether oxygens (including phenoxy) is 4. The van der Waals surface area contributed by atoms with E-state index >= 15 is 0 Å². The number of unbranched alkanes of at least 4 members (excludes halogenated alkanes) is 32. The van der Waals surface area contributed by atoms with Gasteiger partial charge in [-0.1, -0.05) is 316 Å². The fourth-order valence-electron chi connectivity index (χ4n) is 11.2. The van der Waals surface area contributed by atoms with Gasteiger partial charge in [0, 0.05) is 25.7 Å². The van der Waals surface area contributed by atoms with Gasteiger partial charge in [-0.05, 0) is 128 Å². The molecule has 0 heterocycles. The highest BCUT2D eigenvalue weighted by molar-refractivity contribution is 7.47. The van der Waals surface area contributed by atoms with Gasteiger partial charge in [-0.3, -0.25) is 37.3 Å². The molecule has 3 N–H and O–H groups in total. The van der Waals surface area contributed by atoms with Crippen molar-refractivity contribution in [3.8, 4) is 0 Å². The first-order chi connectivity index (χ1) is 51.7. The van der Waals surface area contributed by atoms with Gasteiger partial charge in [0.2, 0.25) is 0 Å². The third-order valence-electron chi connectivity index (χ3n) is 17.4. The van der Waals surface area contributed by atoms with Gasteiger partial charge in [-0.25, -0.2) is 9.13 Å². The Morgan fingerprint density at radius 3 is 0.755 bits per heavy atom. The lowest BCUT2D eigenvalue weighted by atomic mass is 10.0. The molecule has 5 unspecified atom stereocenters. The lowest BCUT2D eigenvalue weighted by Gasteiger charge is -2.21. The third kappa shape index (κ3) is 77.6. The van der Waals surface area contributed by atoms with Gasteiger partial charge >= 0.3 is 39.5 Å². The molecule has 0 aliphatic rings. The highest BCUT2D eigenvalue weighted by Gasteiger charge is 2.30. The highest BCUT2D eigenvalue weighted by Crippen LogP contribution is 2.45. The highest BCUT2D eigenvalue weighted by atomic mass is 31.2. The van der Waals surface area contributed by atoms with Crippen molar-refractivity contribution in [2.75, 3.05) is 39.6 Å². The zero-order valence-corrected chi connectivity index (χ0v) is 68.6. The van der Waals surface area contributed by atoms with Crippen LogP contribution in [0.25, 0.3) is 0 Å². The maximum absolute atomic E-state index is 13.1. The number of hydrogen-bond acceptors (Lipinski definition) is 15. The minimum Gasteiger partial charge on any atom is -0.462 e. The largest absolute Gasteiger partial charge is 0.472 e. The molecule has 0 bridgehead atoms. The molecule has 17 nitrogen and oxygen atoms in total. The molecule has 0 saturated carbocycles. The van der Waals surface area contributed by atoms with Crippen molar-refractivity contribution < 1.29 is 80.2 Å². The van der Waals surface area contributed by atoms with E-state index in [1.165, 1.54) is 64.2 Å². The summed E-state index contributed by atoms with van der Waals surface area (Å²) in [7, 11) is -9.97. The number of carbonyl (C=O) groups excluding carboxylic acids is 4. The lowest BCUT2D eigenvalue weighted by molar-refractivity contribution is -0.161. The van der Waals surface area contributed by atoms with Crippen LogP contribution in [0, 0.1) is 0 Å². The van der Waals surface area contributed by atoms with Crippen LogP contribution >= 0.6 is 15.6 Å². The molecule has 0 aromatic rings. The molecule has 0 aromatic carbocycles. The van der Waals surface area contributed by atoms with E-state index in [0.29, 0.717) is 25.7 Å². The van der Waals surface area contributed by atoms with Gasteiger partial charge < -0.3 is 33.8 Å². The Labute approximate surface area is 644 Å². The van der Waals surface area contributed by atoms with Crippen LogP contribution in [0.5, 0.6) is 0 Å². The summed E-state index contributed by atoms with van der Waals surface area (Å²) in [6.45, 7) is 4.55. The average Bonchev–Trinajstić information content (AvgIpc) is 0.909. The van der Waals surface area contributed by atoms with Crippen molar-refractivity contribution in [3.05, 3.63) is 122 Å². The fourth-order valence-corrected chi connectivity index (χ4v) is 12.8. The minimum atomic E-state index is -4.99. The van der Waals surface area contributed by atoms with Crippen molar-refractivity contribution in [2.24, 2.45) is 0 Å². The molecule has 0 spiro atoms. The van der Waals surface area contributed by atoms with Crippen LogP contribution in [0.1, 0.15) is 349 Å². The molecule has 0 aromatic heterocycles. The summed E-state index contributed by atoms with van der Waals surface area (Å²) in [5.74, 6) is -2.20. The first kappa shape index (κ1) is 101. The summed E-state index contributed by atoms with van der Waals surface area (Å²) in [6, 6.07) is 0. The molecule has 0 amide bonds. The number of allylic oxidation sites excluding steroid dienone is 20. The first-order valence-electron chi connectivity index (χ1n) is 41.8. The van der Waals surface area contributed by atoms with Crippen molar-refractivity contribution in [1.29, 1.82) is 0 Å². The van der Waals surface area contributed by atoms with E-state index in [9.17, 15) is 43.2 Å². The van der Waals surface area contributed by atoms with Crippen LogP contribution in [-0.4, -0.2) is 96.7 Å². The minimum absolute atomic E-state index is 0.0719. The van der Waals surface area contributed by atoms with Gasteiger partial charge in [-0.2, -0.15) is 0 Å². The van der Waals surface area contributed by atoms with Crippen LogP contribution in [-0.2, 0) is 65.4 Å². The SMILES string of the molecule is CC/C=C\C/C=C\C/C=C\C/C=C\CCCCCCCCC(=O)OCC(COP(=O)(O)OCC(O)COP(=O)(O)OCC(COC(=O)CCCCCCCCC/C=C\C/C=C\C/C=C\CC)OC(=O)CCCCCCC/C=C\C/C=C\C/C=C\CC)OC(=O)CCCCCCCCCCCCCCCCC. The summed E-state index contributed by atoms with van der Waals surface area (Å²) < 4.78 is 68.8. The molecule has 0 fully saturated rings. The molecule has 0 aliphatic heterocycles. The number of phosphoric ester groups is 2. The van der Waals surface area contributed by atoms with E-state index in [0.717, 1.165) is 205 Å². The van der Waals surface area contributed by atoms with E-state index in [1.807, 2.05) is 0 Å². The topological polar surface area (TPSA) is 237 Å². The second-order valence-corrected chi connectivity index (χ2v) is 30.5. The molecule has 0 radical (unpaired) electrons. The Bertz CT molecular complexity index is 2480. The summed E-state index contributed by atoms with van der Waals surface area (Å²) in [5, 5.41) is 10.7. The zero-order valence-electron chi connectivity index (χ0n) is 66.8.